The summed E-state index contributed by atoms with van der Waals surface area (Å²) in [5, 5.41) is 0. The van der Waals surface area contributed by atoms with Gasteiger partial charge in [0.25, 0.3) is 0 Å². The fourth-order valence-corrected chi connectivity index (χ4v) is 1.53. The van der Waals surface area contributed by atoms with Crippen molar-refractivity contribution in [2.75, 3.05) is 0 Å². The highest BCUT2D eigenvalue weighted by Crippen LogP contribution is 2.23. The lowest BCUT2D eigenvalue weighted by atomic mass is 9.91. The van der Waals surface area contributed by atoms with Gasteiger partial charge in [0.1, 0.15) is 0 Å². The Hall–Kier alpha value is -1.78. The molecule has 1 heterocycles. The summed E-state index contributed by atoms with van der Waals surface area (Å²) in [5.41, 5.74) is 12.4. The number of fused-ring (bicyclic) bond motifs is 1. The number of nitrogens with zero attached hydrogens (tertiary/aromatic N) is 1. The zero-order chi connectivity index (χ0) is 10.1. The van der Waals surface area contributed by atoms with Crippen molar-refractivity contribution >= 4 is 11.7 Å². The van der Waals surface area contributed by atoms with Crippen molar-refractivity contribution in [3.8, 4) is 0 Å². The van der Waals surface area contributed by atoms with Gasteiger partial charge >= 0.3 is 0 Å². The Morgan fingerprint density at radius 2 is 2.36 bits per heavy atom. The number of carbonyl (C=O) groups is 1. The van der Waals surface area contributed by atoms with E-state index in [-0.39, 0.29) is 17.7 Å². The number of Topliss-reactive ketones (excluding diaryl/α,β-unsaturated/α-hetero) is 1. The molecule has 0 unspecified atom stereocenters. The molecule has 5 heteroatoms. The van der Waals surface area contributed by atoms with Crippen molar-refractivity contribution in [1.29, 1.82) is 0 Å². The first-order valence-corrected chi connectivity index (χ1v) is 4.47. The summed E-state index contributed by atoms with van der Waals surface area (Å²) in [6.45, 7) is 2.00. The lowest BCUT2D eigenvalue weighted by Gasteiger charge is -2.19. The smallest absolute Gasteiger partial charge is 0.212 e. The average molecular weight is 192 g/mol. The number of ketones is 1. The van der Waals surface area contributed by atoms with Crippen LogP contribution in [0.5, 0.6) is 0 Å². The number of aliphatic imine (C=N–C) groups is 1. The predicted molar refractivity (Wildman–Crippen MR) is 52.8 cm³/mol. The minimum Gasteiger partial charge on any atom is -0.368 e. The number of hydrazine groups is 1. The maximum atomic E-state index is 11.6. The van der Waals surface area contributed by atoms with E-state index in [2.05, 4.69) is 15.8 Å². The quantitative estimate of drug-likeness (QED) is 0.496. The Labute approximate surface area is 81.7 Å². The van der Waals surface area contributed by atoms with Gasteiger partial charge in [0.05, 0.1) is 11.3 Å². The van der Waals surface area contributed by atoms with Gasteiger partial charge in [-0.15, -0.1) is 0 Å². The van der Waals surface area contributed by atoms with Crippen molar-refractivity contribution in [2.45, 2.75) is 13.3 Å². The first kappa shape index (κ1) is 8.80. The average Bonchev–Trinajstić information content (AvgIpc) is 2.28. The van der Waals surface area contributed by atoms with E-state index in [4.69, 9.17) is 5.73 Å². The number of nitrogens with two attached hydrogens (primary N) is 1. The van der Waals surface area contributed by atoms with Crippen LogP contribution in [0.4, 0.5) is 0 Å². The third kappa shape index (κ3) is 1.48. The first-order chi connectivity index (χ1) is 6.66. The second-order valence-corrected chi connectivity index (χ2v) is 3.49. The van der Waals surface area contributed by atoms with Crippen LogP contribution in [0.3, 0.4) is 0 Å². The standard InChI is InChI=1S/C9H12N4O/c1-5-2-7-6(8(14)3-5)4-11-9(10)13-12-7/h2,4-5,12H,3H2,1H3,(H3,10,11,13)/t5-/m0/s1. The topological polar surface area (TPSA) is 79.5 Å². The van der Waals surface area contributed by atoms with Crippen molar-refractivity contribution in [2.24, 2.45) is 16.6 Å². The van der Waals surface area contributed by atoms with Crippen LogP contribution >= 0.6 is 0 Å². The molecule has 0 saturated heterocycles. The van der Waals surface area contributed by atoms with Crippen LogP contribution in [0, 0.1) is 5.92 Å². The van der Waals surface area contributed by atoms with E-state index in [1.54, 1.807) is 0 Å². The molecular weight excluding hydrogens is 180 g/mol. The van der Waals surface area contributed by atoms with Gasteiger partial charge in [0, 0.05) is 12.6 Å². The van der Waals surface area contributed by atoms with Crippen molar-refractivity contribution in [1.82, 2.24) is 10.9 Å². The number of rotatable bonds is 0. The third-order valence-corrected chi connectivity index (χ3v) is 2.21. The van der Waals surface area contributed by atoms with Crippen LogP contribution in [0.1, 0.15) is 13.3 Å². The van der Waals surface area contributed by atoms with E-state index in [0.29, 0.717) is 12.0 Å². The SMILES string of the molecule is C[C@H]1C=C2NNC(N)=NC=C2C(=O)C1. The number of carbonyl (C=O) groups excluding carboxylic acids is 1. The van der Waals surface area contributed by atoms with Crippen LogP contribution in [0.25, 0.3) is 0 Å². The fourth-order valence-electron chi connectivity index (χ4n) is 1.53. The zero-order valence-corrected chi connectivity index (χ0v) is 7.87. The van der Waals surface area contributed by atoms with Gasteiger partial charge in [-0.3, -0.25) is 15.6 Å². The van der Waals surface area contributed by atoms with Gasteiger partial charge in [-0.05, 0) is 5.92 Å². The number of hydrogen-bond acceptors (Lipinski definition) is 5. The van der Waals surface area contributed by atoms with Gasteiger partial charge in [-0.1, -0.05) is 13.0 Å². The molecule has 0 aromatic carbocycles. The van der Waals surface area contributed by atoms with E-state index in [9.17, 15) is 4.79 Å². The van der Waals surface area contributed by atoms with Crippen molar-refractivity contribution in [3.05, 3.63) is 23.5 Å². The summed E-state index contributed by atoms with van der Waals surface area (Å²) in [6, 6.07) is 0. The number of hydrogen-bond donors (Lipinski definition) is 3. The van der Waals surface area contributed by atoms with Crippen molar-refractivity contribution < 1.29 is 4.79 Å². The molecule has 0 radical (unpaired) electrons. The molecule has 0 bridgehead atoms. The summed E-state index contributed by atoms with van der Waals surface area (Å²) >= 11 is 0. The molecule has 0 aromatic rings. The summed E-state index contributed by atoms with van der Waals surface area (Å²) in [4.78, 5) is 15.5. The molecule has 0 aromatic heterocycles. The lowest BCUT2D eigenvalue weighted by Crippen LogP contribution is -2.42. The molecule has 1 atom stereocenters. The fraction of sp³-hybridized carbons (Fsp3) is 0.333. The monoisotopic (exact) mass is 192 g/mol. The summed E-state index contributed by atoms with van der Waals surface area (Å²) in [7, 11) is 0. The summed E-state index contributed by atoms with van der Waals surface area (Å²) in [6.07, 6.45) is 4.03. The van der Waals surface area contributed by atoms with E-state index in [1.165, 1.54) is 6.20 Å². The number of allylic oxidation sites excluding steroid dienone is 2. The highest BCUT2D eigenvalue weighted by atomic mass is 16.1. The van der Waals surface area contributed by atoms with E-state index < -0.39 is 0 Å². The van der Waals surface area contributed by atoms with Crippen LogP contribution in [-0.4, -0.2) is 11.7 Å². The normalized spacial score (nSPS) is 25.9. The molecule has 2 aliphatic rings. The summed E-state index contributed by atoms with van der Waals surface area (Å²) < 4.78 is 0. The molecule has 0 spiro atoms. The molecule has 5 nitrogen and oxygen atoms in total. The van der Waals surface area contributed by atoms with E-state index in [0.717, 1.165) is 5.70 Å². The Morgan fingerprint density at radius 3 is 3.14 bits per heavy atom. The Kier molecular flexibility index (Phi) is 1.99. The molecule has 1 aliphatic carbocycles. The zero-order valence-electron chi connectivity index (χ0n) is 7.87. The molecule has 1 aliphatic heterocycles. The second kappa shape index (κ2) is 3.17. The summed E-state index contributed by atoms with van der Waals surface area (Å²) in [5.74, 6) is 0.610. The molecule has 74 valence electrons. The maximum Gasteiger partial charge on any atom is 0.212 e. The number of nitrogens with one attached hydrogen (secondary N) is 2. The largest absolute Gasteiger partial charge is 0.368 e. The van der Waals surface area contributed by atoms with Crippen LogP contribution < -0.4 is 16.6 Å². The third-order valence-electron chi connectivity index (χ3n) is 2.21. The van der Waals surface area contributed by atoms with Crippen molar-refractivity contribution in [3.63, 3.8) is 0 Å². The Balaban J connectivity index is 2.38. The first-order valence-electron chi connectivity index (χ1n) is 4.47. The Morgan fingerprint density at radius 1 is 1.57 bits per heavy atom. The van der Waals surface area contributed by atoms with Gasteiger partial charge in [0.2, 0.25) is 5.96 Å². The highest BCUT2D eigenvalue weighted by molar-refractivity contribution is 6.01. The van der Waals surface area contributed by atoms with Crippen LogP contribution in [0.15, 0.2) is 28.5 Å². The van der Waals surface area contributed by atoms with Gasteiger partial charge < -0.3 is 5.73 Å². The molecular formula is C9H12N4O. The molecule has 0 saturated carbocycles. The van der Waals surface area contributed by atoms with E-state index >= 15 is 0 Å². The minimum atomic E-state index is 0.0998. The number of guanidine groups is 1. The van der Waals surface area contributed by atoms with Gasteiger partial charge in [0.15, 0.2) is 5.78 Å². The minimum absolute atomic E-state index is 0.0998. The predicted octanol–water partition coefficient (Wildman–Crippen LogP) is -0.214. The van der Waals surface area contributed by atoms with Gasteiger partial charge in [-0.2, -0.15) is 0 Å². The molecule has 4 N–H and O–H groups in total. The van der Waals surface area contributed by atoms with Crippen LogP contribution in [-0.2, 0) is 4.79 Å². The lowest BCUT2D eigenvalue weighted by molar-refractivity contribution is -0.116. The van der Waals surface area contributed by atoms with E-state index in [1.807, 2.05) is 13.0 Å². The van der Waals surface area contributed by atoms with Crippen LogP contribution in [0.2, 0.25) is 0 Å². The second-order valence-electron chi connectivity index (χ2n) is 3.49. The molecule has 14 heavy (non-hydrogen) atoms. The molecule has 2 rings (SSSR count). The Bertz CT molecular complexity index is 367. The van der Waals surface area contributed by atoms with Gasteiger partial charge in [-0.25, -0.2) is 4.99 Å². The molecule has 0 fully saturated rings. The highest BCUT2D eigenvalue weighted by Gasteiger charge is 2.23. The molecule has 0 amide bonds. The maximum absolute atomic E-state index is 11.6.